The topological polar surface area (TPSA) is 35.5 Å². The Morgan fingerprint density at radius 1 is 1.04 bits per heavy atom. The van der Waals surface area contributed by atoms with Gasteiger partial charge in [0, 0.05) is 11.1 Å². The second kappa shape index (κ2) is 7.25. The van der Waals surface area contributed by atoms with Crippen LogP contribution < -0.4 is 9.47 Å². The minimum absolute atomic E-state index is 0.155. The number of hydrogen-bond donors (Lipinski definition) is 0. The molecule has 0 aliphatic carbocycles. The first-order valence-corrected chi connectivity index (χ1v) is 8.67. The van der Waals surface area contributed by atoms with Gasteiger partial charge in [0.05, 0.1) is 5.56 Å². The van der Waals surface area contributed by atoms with Crippen LogP contribution >= 0.6 is 11.6 Å². The smallest absolute Gasteiger partial charge is 0.231 e. The van der Waals surface area contributed by atoms with Crippen LogP contribution in [0.2, 0.25) is 5.02 Å². The van der Waals surface area contributed by atoms with Gasteiger partial charge >= 0.3 is 0 Å². The normalized spacial score (nSPS) is 14.1. The van der Waals surface area contributed by atoms with Crippen LogP contribution in [0.5, 0.6) is 11.5 Å². The van der Waals surface area contributed by atoms with Crippen molar-refractivity contribution in [1.29, 1.82) is 0 Å². The largest absolute Gasteiger partial charge is 0.489 e. The molecule has 27 heavy (non-hydrogen) atoms. The van der Waals surface area contributed by atoms with Gasteiger partial charge in [0.1, 0.15) is 23.9 Å². The van der Waals surface area contributed by atoms with E-state index in [0.717, 1.165) is 5.56 Å². The Morgan fingerprint density at radius 2 is 1.89 bits per heavy atom. The molecule has 0 spiro atoms. The van der Waals surface area contributed by atoms with Crippen molar-refractivity contribution in [2.75, 3.05) is 0 Å². The summed E-state index contributed by atoms with van der Waals surface area (Å²) >= 11 is 5.97. The second-order valence-electron chi connectivity index (χ2n) is 6.07. The number of allylic oxidation sites excluding steroid dienone is 1. The number of carbonyl (C=O) groups is 1. The Labute approximate surface area is 160 Å². The number of Topliss-reactive ketones (excluding diaryl/α,β-unsaturated/α-hetero) is 1. The van der Waals surface area contributed by atoms with Gasteiger partial charge in [-0.05, 0) is 53.6 Å². The summed E-state index contributed by atoms with van der Waals surface area (Å²) in [6.07, 6.45) is 1.53. The molecule has 0 N–H and O–H groups in total. The van der Waals surface area contributed by atoms with Gasteiger partial charge in [0.25, 0.3) is 0 Å². The molecule has 3 nitrogen and oxygen atoms in total. The summed E-state index contributed by atoms with van der Waals surface area (Å²) < 4.78 is 24.7. The molecule has 0 amide bonds. The number of rotatable bonds is 4. The van der Waals surface area contributed by atoms with E-state index in [9.17, 15) is 9.18 Å². The van der Waals surface area contributed by atoms with Crippen molar-refractivity contribution in [3.8, 4) is 11.5 Å². The van der Waals surface area contributed by atoms with Crippen LogP contribution in [0, 0.1) is 5.82 Å². The Bertz CT molecular complexity index is 1060. The minimum Gasteiger partial charge on any atom is -0.489 e. The SMILES string of the molecule is O=C1C(=Cc2cccc(F)c2)Oc2cc(OCc3cccc(Cl)c3)ccc21. The number of hydrogen-bond acceptors (Lipinski definition) is 3. The number of halogens is 2. The molecule has 1 heterocycles. The maximum Gasteiger partial charge on any atom is 0.231 e. The molecule has 0 bridgehead atoms. The lowest BCUT2D eigenvalue weighted by Gasteiger charge is -2.07. The fourth-order valence-corrected chi connectivity index (χ4v) is 3.01. The molecule has 0 fully saturated rings. The Morgan fingerprint density at radius 3 is 2.70 bits per heavy atom. The first-order chi connectivity index (χ1) is 13.1. The average Bonchev–Trinajstić information content (AvgIpc) is 2.95. The van der Waals surface area contributed by atoms with E-state index in [4.69, 9.17) is 21.1 Å². The van der Waals surface area contributed by atoms with Crippen LogP contribution in [0.15, 0.2) is 72.5 Å². The molecule has 0 atom stereocenters. The molecule has 1 aliphatic heterocycles. The molecule has 0 aromatic heterocycles. The van der Waals surface area contributed by atoms with E-state index in [-0.39, 0.29) is 17.4 Å². The number of ether oxygens (including phenoxy) is 2. The van der Waals surface area contributed by atoms with E-state index in [1.807, 2.05) is 18.2 Å². The van der Waals surface area contributed by atoms with Crippen LogP contribution in [-0.2, 0) is 6.61 Å². The zero-order chi connectivity index (χ0) is 18.8. The molecule has 4 rings (SSSR count). The predicted molar refractivity (Wildman–Crippen MR) is 102 cm³/mol. The maximum atomic E-state index is 13.3. The lowest BCUT2D eigenvalue weighted by atomic mass is 10.1. The van der Waals surface area contributed by atoms with E-state index < -0.39 is 0 Å². The standard InChI is InChI=1S/C22H14ClFO3/c23-16-5-1-4-15(9-16)13-26-18-7-8-19-20(12-18)27-21(22(19)25)11-14-3-2-6-17(24)10-14/h1-12H,13H2. The van der Waals surface area contributed by atoms with Gasteiger partial charge in [-0.3, -0.25) is 4.79 Å². The van der Waals surface area contributed by atoms with Crippen LogP contribution in [0.1, 0.15) is 21.5 Å². The summed E-state index contributed by atoms with van der Waals surface area (Å²) in [4.78, 5) is 12.5. The lowest BCUT2D eigenvalue weighted by Crippen LogP contribution is -1.98. The van der Waals surface area contributed by atoms with Crippen molar-refractivity contribution in [3.63, 3.8) is 0 Å². The Balaban J connectivity index is 1.52. The summed E-state index contributed by atoms with van der Waals surface area (Å²) in [5.41, 5.74) is 1.95. The molecular weight excluding hydrogens is 367 g/mol. The molecule has 134 valence electrons. The van der Waals surface area contributed by atoms with Crippen LogP contribution in [0.4, 0.5) is 4.39 Å². The lowest BCUT2D eigenvalue weighted by molar-refractivity contribution is 0.101. The Kier molecular flexibility index (Phi) is 4.65. The van der Waals surface area contributed by atoms with E-state index in [1.165, 1.54) is 18.2 Å². The molecule has 0 unspecified atom stereocenters. The number of fused-ring (bicyclic) bond motifs is 1. The van der Waals surface area contributed by atoms with Gasteiger partial charge in [0.2, 0.25) is 5.78 Å². The van der Waals surface area contributed by atoms with Gasteiger partial charge in [0.15, 0.2) is 5.76 Å². The zero-order valence-corrected chi connectivity index (χ0v) is 14.9. The summed E-state index contributed by atoms with van der Waals surface area (Å²) in [6.45, 7) is 0.347. The second-order valence-corrected chi connectivity index (χ2v) is 6.51. The molecule has 3 aromatic rings. The number of benzene rings is 3. The fraction of sp³-hybridized carbons (Fsp3) is 0.0455. The predicted octanol–water partition coefficient (Wildman–Crippen LogP) is 5.67. The number of carbonyl (C=O) groups excluding carboxylic acids is 1. The summed E-state index contributed by atoms with van der Waals surface area (Å²) in [5, 5.41) is 0.645. The van der Waals surface area contributed by atoms with E-state index in [0.29, 0.717) is 34.3 Å². The highest BCUT2D eigenvalue weighted by atomic mass is 35.5. The molecule has 0 radical (unpaired) electrons. The summed E-state index contributed by atoms with van der Waals surface area (Å²) in [6, 6.07) is 18.4. The molecule has 0 saturated heterocycles. The van der Waals surface area contributed by atoms with Gasteiger partial charge in [-0.25, -0.2) is 4.39 Å². The third-order valence-electron chi connectivity index (χ3n) is 4.08. The monoisotopic (exact) mass is 380 g/mol. The molecule has 3 aromatic carbocycles. The van der Waals surface area contributed by atoms with E-state index in [1.54, 1.807) is 36.4 Å². The third kappa shape index (κ3) is 3.86. The third-order valence-corrected chi connectivity index (χ3v) is 4.32. The van der Waals surface area contributed by atoms with Crippen molar-refractivity contribution in [2.24, 2.45) is 0 Å². The average molecular weight is 381 g/mol. The van der Waals surface area contributed by atoms with E-state index >= 15 is 0 Å². The van der Waals surface area contributed by atoms with Crippen molar-refractivity contribution >= 4 is 23.5 Å². The molecular formula is C22H14ClFO3. The quantitative estimate of drug-likeness (QED) is 0.547. The van der Waals surface area contributed by atoms with Gasteiger partial charge < -0.3 is 9.47 Å². The van der Waals surface area contributed by atoms with Crippen molar-refractivity contribution < 1.29 is 18.7 Å². The maximum absolute atomic E-state index is 13.3. The van der Waals surface area contributed by atoms with Gasteiger partial charge in [-0.15, -0.1) is 0 Å². The van der Waals surface area contributed by atoms with Crippen molar-refractivity contribution in [1.82, 2.24) is 0 Å². The van der Waals surface area contributed by atoms with Crippen LogP contribution in [-0.4, -0.2) is 5.78 Å². The molecule has 5 heteroatoms. The van der Waals surface area contributed by atoms with Gasteiger partial charge in [-0.2, -0.15) is 0 Å². The Hall–Kier alpha value is -3.11. The summed E-state index contributed by atoms with van der Waals surface area (Å²) in [7, 11) is 0. The van der Waals surface area contributed by atoms with Crippen LogP contribution in [0.3, 0.4) is 0 Å². The highest BCUT2D eigenvalue weighted by molar-refractivity contribution is 6.30. The van der Waals surface area contributed by atoms with Crippen LogP contribution in [0.25, 0.3) is 6.08 Å². The highest BCUT2D eigenvalue weighted by Gasteiger charge is 2.27. The van der Waals surface area contributed by atoms with Crippen molar-refractivity contribution in [2.45, 2.75) is 6.61 Å². The van der Waals surface area contributed by atoms with Gasteiger partial charge in [-0.1, -0.05) is 35.9 Å². The molecule has 0 saturated carbocycles. The van der Waals surface area contributed by atoms with Crippen molar-refractivity contribution in [3.05, 3.63) is 100 Å². The number of ketones is 1. The highest BCUT2D eigenvalue weighted by Crippen LogP contribution is 2.35. The minimum atomic E-state index is -0.371. The van der Waals surface area contributed by atoms with E-state index in [2.05, 4.69) is 0 Å². The zero-order valence-electron chi connectivity index (χ0n) is 14.1. The first-order valence-electron chi connectivity index (χ1n) is 8.29. The first kappa shape index (κ1) is 17.3. The fourth-order valence-electron chi connectivity index (χ4n) is 2.80. The summed E-state index contributed by atoms with van der Waals surface area (Å²) in [5.74, 6) is 0.544. The molecule has 1 aliphatic rings.